The molecule has 2 aromatic rings. The number of rotatable bonds is 2. The van der Waals surface area contributed by atoms with Crippen LogP contribution in [0.2, 0.25) is 5.02 Å². The molecule has 2 N–H and O–H groups in total. The van der Waals surface area contributed by atoms with E-state index in [1.807, 2.05) is 23.6 Å². The van der Waals surface area contributed by atoms with Gasteiger partial charge in [-0.05, 0) is 18.2 Å². The molecule has 0 aliphatic carbocycles. The molecule has 2 rings (SSSR count). The quantitative estimate of drug-likeness (QED) is 0.919. The molecule has 0 saturated heterocycles. The normalized spacial score (nSPS) is 10.6. The topological polar surface area (TPSA) is 38.9 Å². The molecule has 1 aromatic carbocycles. The largest absolute Gasteiger partial charge is 0.325 e. The average Bonchev–Trinajstić information content (AvgIpc) is 2.66. The molecule has 0 radical (unpaired) electrons. The first-order valence-electron chi connectivity index (χ1n) is 4.30. The molecule has 78 valence electrons. The van der Waals surface area contributed by atoms with Crippen LogP contribution in [0.4, 0.5) is 0 Å². The van der Waals surface area contributed by atoms with Crippen LogP contribution in [-0.4, -0.2) is 4.98 Å². The van der Waals surface area contributed by atoms with Crippen molar-refractivity contribution in [3.05, 3.63) is 38.8 Å². The zero-order valence-corrected chi connectivity index (χ0v) is 10.9. The minimum atomic E-state index is 0.474. The van der Waals surface area contributed by atoms with Gasteiger partial charge in [0.25, 0.3) is 0 Å². The second kappa shape index (κ2) is 4.61. The third-order valence-corrected chi connectivity index (χ3v) is 3.74. The SMILES string of the molecule is NCc1csc(-c2ccc(Cl)cc2Br)n1. The lowest BCUT2D eigenvalue weighted by atomic mass is 10.2. The van der Waals surface area contributed by atoms with E-state index in [1.54, 1.807) is 11.3 Å². The van der Waals surface area contributed by atoms with Crippen molar-refractivity contribution >= 4 is 38.9 Å². The Morgan fingerprint density at radius 1 is 1.47 bits per heavy atom. The number of hydrogen-bond donors (Lipinski definition) is 1. The van der Waals surface area contributed by atoms with Gasteiger partial charge in [-0.1, -0.05) is 27.5 Å². The number of nitrogens with zero attached hydrogens (tertiary/aromatic N) is 1. The number of hydrogen-bond acceptors (Lipinski definition) is 3. The Kier molecular flexibility index (Phi) is 3.41. The molecule has 0 spiro atoms. The van der Waals surface area contributed by atoms with Gasteiger partial charge in [0.1, 0.15) is 5.01 Å². The van der Waals surface area contributed by atoms with Crippen LogP contribution < -0.4 is 5.73 Å². The summed E-state index contributed by atoms with van der Waals surface area (Å²) in [6.07, 6.45) is 0. The Hall–Kier alpha value is -0.420. The molecule has 0 bridgehead atoms. The third-order valence-electron chi connectivity index (χ3n) is 1.92. The van der Waals surface area contributed by atoms with Gasteiger partial charge < -0.3 is 5.73 Å². The summed E-state index contributed by atoms with van der Waals surface area (Å²) in [6.45, 7) is 0.474. The van der Waals surface area contributed by atoms with E-state index >= 15 is 0 Å². The van der Waals surface area contributed by atoms with E-state index in [0.29, 0.717) is 11.6 Å². The lowest BCUT2D eigenvalue weighted by Crippen LogP contribution is -1.95. The Bertz CT molecular complexity index is 484. The lowest BCUT2D eigenvalue weighted by Gasteiger charge is -2.00. The second-order valence-corrected chi connectivity index (χ2v) is 5.12. The number of halogens is 2. The fourth-order valence-corrected chi connectivity index (χ4v) is 3.06. The first-order valence-corrected chi connectivity index (χ1v) is 6.35. The Morgan fingerprint density at radius 3 is 2.87 bits per heavy atom. The zero-order chi connectivity index (χ0) is 10.8. The van der Waals surface area contributed by atoms with Gasteiger partial charge in [-0.3, -0.25) is 0 Å². The van der Waals surface area contributed by atoms with Gasteiger partial charge in [0, 0.05) is 27.0 Å². The molecule has 2 nitrogen and oxygen atoms in total. The second-order valence-electron chi connectivity index (χ2n) is 2.97. The molecule has 15 heavy (non-hydrogen) atoms. The molecule has 5 heteroatoms. The lowest BCUT2D eigenvalue weighted by molar-refractivity contribution is 1.01. The van der Waals surface area contributed by atoms with Gasteiger partial charge in [-0.25, -0.2) is 4.98 Å². The minimum absolute atomic E-state index is 0.474. The predicted molar refractivity (Wildman–Crippen MR) is 68.2 cm³/mol. The van der Waals surface area contributed by atoms with E-state index in [2.05, 4.69) is 20.9 Å². The highest BCUT2D eigenvalue weighted by atomic mass is 79.9. The molecule has 1 heterocycles. The summed E-state index contributed by atoms with van der Waals surface area (Å²) in [5.74, 6) is 0. The molecule has 0 aliphatic rings. The fourth-order valence-electron chi connectivity index (χ4n) is 1.19. The van der Waals surface area contributed by atoms with Crippen LogP contribution in [-0.2, 0) is 6.54 Å². The van der Waals surface area contributed by atoms with Crippen molar-refractivity contribution in [1.82, 2.24) is 4.98 Å². The molecule has 1 aromatic heterocycles. The maximum atomic E-state index is 5.87. The molecule has 0 aliphatic heterocycles. The standard InChI is InChI=1S/C10H8BrClN2S/c11-9-3-6(12)1-2-8(9)10-14-7(4-13)5-15-10/h1-3,5H,4,13H2. The first-order chi connectivity index (χ1) is 7.20. The van der Waals surface area contributed by atoms with Gasteiger partial charge in [0.2, 0.25) is 0 Å². The minimum Gasteiger partial charge on any atom is -0.325 e. The van der Waals surface area contributed by atoms with E-state index in [1.165, 1.54) is 0 Å². The first kappa shape index (κ1) is 11.1. The van der Waals surface area contributed by atoms with Crippen LogP contribution in [0, 0.1) is 0 Å². The van der Waals surface area contributed by atoms with Crippen LogP contribution in [0.5, 0.6) is 0 Å². The molecular weight excluding hydrogens is 296 g/mol. The maximum absolute atomic E-state index is 5.87. The predicted octanol–water partition coefficient (Wildman–Crippen LogP) is 3.68. The maximum Gasteiger partial charge on any atom is 0.124 e. The van der Waals surface area contributed by atoms with Crippen LogP contribution in [0.3, 0.4) is 0 Å². The van der Waals surface area contributed by atoms with Gasteiger partial charge in [-0.2, -0.15) is 0 Å². The van der Waals surface area contributed by atoms with Crippen LogP contribution >= 0.6 is 38.9 Å². The van der Waals surface area contributed by atoms with E-state index in [4.69, 9.17) is 17.3 Å². The van der Waals surface area contributed by atoms with Crippen molar-refractivity contribution in [3.63, 3.8) is 0 Å². The molecule has 0 saturated carbocycles. The summed E-state index contributed by atoms with van der Waals surface area (Å²) in [6, 6.07) is 5.66. The van der Waals surface area contributed by atoms with Crippen LogP contribution in [0.25, 0.3) is 10.6 Å². The fraction of sp³-hybridized carbons (Fsp3) is 0.100. The highest BCUT2D eigenvalue weighted by molar-refractivity contribution is 9.10. The van der Waals surface area contributed by atoms with Crippen molar-refractivity contribution in [1.29, 1.82) is 0 Å². The van der Waals surface area contributed by atoms with Crippen molar-refractivity contribution in [2.24, 2.45) is 5.73 Å². The van der Waals surface area contributed by atoms with Gasteiger partial charge >= 0.3 is 0 Å². The number of aromatic nitrogens is 1. The molecule has 0 fully saturated rings. The van der Waals surface area contributed by atoms with Gasteiger partial charge in [0.15, 0.2) is 0 Å². The third kappa shape index (κ3) is 2.39. The van der Waals surface area contributed by atoms with Crippen molar-refractivity contribution in [2.45, 2.75) is 6.54 Å². The summed E-state index contributed by atoms with van der Waals surface area (Å²) in [5, 5.41) is 3.64. The zero-order valence-electron chi connectivity index (χ0n) is 7.71. The van der Waals surface area contributed by atoms with Crippen molar-refractivity contribution in [3.8, 4) is 10.6 Å². The summed E-state index contributed by atoms with van der Waals surface area (Å²) < 4.78 is 0.952. The smallest absolute Gasteiger partial charge is 0.124 e. The monoisotopic (exact) mass is 302 g/mol. The number of nitrogens with two attached hydrogens (primary N) is 1. The number of thiazole rings is 1. The summed E-state index contributed by atoms with van der Waals surface area (Å²) in [5.41, 5.74) is 7.47. The Balaban J connectivity index is 2.44. The highest BCUT2D eigenvalue weighted by Gasteiger charge is 2.07. The summed E-state index contributed by atoms with van der Waals surface area (Å²) in [7, 11) is 0. The van der Waals surface area contributed by atoms with Gasteiger partial charge in [0.05, 0.1) is 5.69 Å². The molecule has 0 unspecified atom stereocenters. The van der Waals surface area contributed by atoms with Gasteiger partial charge in [-0.15, -0.1) is 11.3 Å². The summed E-state index contributed by atoms with van der Waals surface area (Å²) in [4.78, 5) is 4.41. The Labute approximate surface area is 105 Å². The molecule has 0 amide bonds. The average molecular weight is 304 g/mol. The van der Waals surface area contributed by atoms with Crippen molar-refractivity contribution < 1.29 is 0 Å². The highest BCUT2D eigenvalue weighted by Crippen LogP contribution is 2.32. The van der Waals surface area contributed by atoms with Crippen LogP contribution in [0.15, 0.2) is 28.1 Å². The van der Waals surface area contributed by atoms with Crippen molar-refractivity contribution in [2.75, 3.05) is 0 Å². The van der Waals surface area contributed by atoms with E-state index in [0.717, 1.165) is 20.7 Å². The molecule has 0 atom stereocenters. The molecular formula is C10H8BrClN2S. The van der Waals surface area contributed by atoms with E-state index in [9.17, 15) is 0 Å². The number of benzene rings is 1. The van der Waals surface area contributed by atoms with E-state index < -0.39 is 0 Å². The Morgan fingerprint density at radius 2 is 2.27 bits per heavy atom. The van der Waals surface area contributed by atoms with Crippen LogP contribution in [0.1, 0.15) is 5.69 Å². The summed E-state index contributed by atoms with van der Waals surface area (Å²) >= 11 is 10.9. The van der Waals surface area contributed by atoms with E-state index in [-0.39, 0.29) is 0 Å².